The van der Waals surface area contributed by atoms with Gasteiger partial charge in [-0.25, -0.2) is 0 Å². The van der Waals surface area contributed by atoms with Crippen LogP contribution in [0.5, 0.6) is 11.5 Å². The molecule has 0 spiro atoms. The fourth-order valence-electron chi connectivity index (χ4n) is 1.57. The number of nitrogens with two attached hydrogens (primary N) is 1. The Labute approximate surface area is 97.3 Å². The first-order valence-corrected chi connectivity index (χ1v) is 5.09. The molecule has 0 aliphatic heterocycles. The van der Waals surface area contributed by atoms with Crippen LogP contribution >= 0.6 is 0 Å². The molecule has 3 nitrogen and oxygen atoms in total. The van der Waals surface area contributed by atoms with Crippen molar-refractivity contribution in [2.24, 2.45) is 0 Å². The van der Waals surface area contributed by atoms with Crippen molar-refractivity contribution in [3.63, 3.8) is 0 Å². The molecule has 1 aromatic rings. The quantitative estimate of drug-likeness (QED) is 0.834. The van der Waals surface area contributed by atoms with Crippen LogP contribution in [0.2, 0.25) is 0 Å². The number of anilines is 1. The van der Waals surface area contributed by atoms with Crippen molar-refractivity contribution >= 4 is 5.69 Å². The maximum atomic E-state index is 12.2. The molecule has 0 aliphatic carbocycles. The first-order chi connectivity index (χ1) is 7.87. The molecule has 0 unspecified atom stereocenters. The summed E-state index contributed by atoms with van der Waals surface area (Å²) in [6, 6.07) is 2.69. The number of rotatable bonds is 4. The molecule has 6 heteroatoms. The minimum Gasteiger partial charge on any atom is -0.493 e. The lowest BCUT2D eigenvalue weighted by molar-refractivity contribution is -0.275. The van der Waals surface area contributed by atoms with Gasteiger partial charge in [0.15, 0.2) is 11.5 Å². The number of methoxy groups -OCH3 is 1. The van der Waals surface area contributed by atoms with Gasteiger partial charge in [0.2, 0.25) is 0 Å². The second-order valence-electron chi connectivity index (χ2n) is 3.51. The minimum absolute atomic E-state index is 0.0818. The summed E-state index contributed by atoms with van der Waals surface area (Å²) in [4.78, 5) is 0. The zero-order valence-electron chi connectivity index (χ0n) is 9.60. The smallest absolute Gasteiger partial charge is 0.493 e. The van der Waals surface area contributed by atoms with Crippen molar-refractivity contribution in [3.8, 4) is 11.5 Å². The van der Waals surface area contributed by atoms with Gasteiger partial charge in [-0.15, -0.1) is 13.2 Å². The summed E-state index contributed by atoms with van der Waals surface area (Å²) in [5.41, 5.74) is 6.35. The Morgan fingerprint density at radius 2 is 1.94 bits per heavy atom. The Hall–Kier alpha value is -1.59. The van der Waals surface area contributed by atoms with Gasteiger partial charge >= 0.3 is 6.36 Å². The molecule has 0 aliphatic rings. The Balaban J connectivity index is 3.18. The molecular weight excluding hydrogens is 235 g/mol. The number of benzene rings is 1. The fraction of sp³-hybridized carbons (Fsp3) is 0.455. The molecular formula is C11H14F3NO2. The van der Waals surface area contributed by atoms with Gasteiger partial charge in [0.25, 0.3) is 0 Å². The molecule has 0 aromatic heterocycles. The number of nitrogen functional groups attached to an aromatic ring is 1. The highest BCUT2D eigenvalue weighted by Gasteiger charge is 2.33. The third-order valence-electron chi connectivity index (χ3n) is 2.10. The van der Waals surface area contributed by atoms with Gasteiger partial charge in [0.05, 0.1) is 7.11 Å². The van der Waals surface area contributed by atoms with Gasteiger partial charge in [0.1, 0.15) is 0 Å². The van der Waals surface area contributed by atoms with E-state index in [0.717, 1.165) is 12.5 Å². The Kier molecular flexibility index (Phi) is 4.09. The van der Waals surface area contributed by atoms with E-state index in [1.165, 1.54) is 7.11 Å². The van der Waals surface area contributed by atoms with E-state index in [4.69, 9.17) is 10.5 Å². The van der Waals surface area contributed by atoms with Crippen LogP contribution in [0.3, 0.4) is 0 Å². The third-order valence-corrected chi connectivity index (χ3v) is 2.10. The van der Waals surface area contributed by atoms with Crippen LogP contribution in [0.25, 0.3) is 0 Å². The van der Waals surface area contributed by atoms with Gasteiger partial charge in [-0.05, 0) is 12.5 Å². The summed E-state index contributed by atoms with van der Waals surface area (Å²) in [6.07, 6.45) is -3.42. The lowest BCUT2D eigenvalue weighted by Crippen LogP contribution is -2.18. The Bertz CT molecular complexity index is 391. The monoisotopic (exact) mass is 249 g/mol. The average Bonchev–Trinajstić information content (AvgIpc) is 2.15. The van der Waals surface area contributed by atoms with E-state index in [1.54, 1.807) is 6.07 Å². The molecule has 0 bridgehead atoms. The van der Waals surface area contributed by atoms with Crippen LogP contribution in [-0.4, -0.2) is 13.5 Å². The van der Waals surface area contributed by atoms with Crippen LogP contribution in [-0.2, 0) is 6.42 Å². The molecule has 1 aromatic carbocycles. The SMILES string of the molecule is CCCc1cc(N)cc(OC(F)(F)F)c1OC. The summed E-state index contributed by atoms with van der Waals surface area (Å²) in [6.45, 7) is 1.91. The summed E-state index contributed by atoms with van der Waals surface area (Å²) >= 11 is 0. The second-order valence-corrected chi connectivity index (χ2v) is 3.51. The third kappa shape index (κ3) is 3.72. The fourth-order valence-corrected chi connectivity index (χ4v) is 1.57. The molecule has 2 N–H and O–H groups in total. The highest BCUT2D eigenvalue weighted by Crippen LogP contribution is 2.37. The molecule has 0 saturated carbocycles. The van der Waals surface area contributed by atoms with E-state index in [-0.39, 0.29) is 11.4 Å². The van der Waals surface area contributed by atoms with Crippen LogP contribution in [0, 0.1) is 0 Å². The van der Waals surface area contributed by atoms with Crippen LogP contribution in [0.4, 0.5) is 18.9 Å². The number of hydrogen-bond acceptors (Lipinski definition) is 3. The van der Waals surface area contributed by atoms with Crippen LogP contribution < -0.4 is 15.2 Å². The number of halogens is 3. The Morgan fingerprint density at radius 3 is 2.41 bits per heavy atom. The van der Waals surface area contributed by atoms with Gasteiger partial charge < -0.3 is 15.2 Å². The predicted octanol–water partition coefficient (Wildman–Crippen LogP) is 3.13. The highest BCUT2D eigenvalue weighted by molar-refractivity contribution is 5.57. The zero-order valence-corrected chi connectivity index (χ0v) is 9.60. The lowest BCUT2D eigenvalue weighted by Gasteiger charge is -2.16. The van der Waals surface area contributed by atoms with Gasteiger partial charge in [-0.3, -0.25) is 0 Å². The topological polar surface area (TPSA) is 44.5 Å². The summed E-state index contributed by atoms with van der Waals surface area (Å²) < 4.78 is 45.4. The molecule has 17 heavy (non-hydrogen) atoms. The standard InChI is InChI=1S/C11H14F3NO2/c1-3-4-7-5-8(15)6-9(10(7)16-2)17-11(12,13)14/h5-6H,3-4,15H2,1-2H3. The number of hydrogen-bond donors (Lipinski definition) is 1. The van der Waals surface area contributed by atoms with Crippen molar-refractivity contribution in [1.82, 2.24) is 0 Å². The van der Waals surface area contributed by atoms with Crippen molar-refractivity contribution < 1.29 is 22.6 Å². The van der Waals surface area contributed by atoms with Gasteiger partial charge in [0, 0.05) is 17.3 Å². The first kappa shape index (κ1) is 13.5. The van der Waals surface area contributed by atoms with E-state index in [9.17, 15) is 13.2 Å². The molecule has 1 rings (SSSR count). The van der Waals surface area contributed by atoms with Crippen LogP contribution in [0.15, 0.2) is 12.1 Å². The van der Waals surface area contributed by atoms with Crippen molar-refractivity contribution in [2.45, 2.75) is 26.1 Å². The van der Waals surface area contributed by atoms with Gasteiger partial charge in [-0.1, -0.05) is 13.3 Å². The number of ether oxygens (including phenoxy) is 2. The number of alkyl halides is 3. The normalized spacial score (nSPS) is 11.4. The zero-order chi connectivity index (χ0) is 13.1. The molecule has 0 saturated heterocycles. The summed E-state index contributed by atoms with van der Waals surface area (Å²) in [5, 5.41) is 0. The van der Waals surface area contributed by atoms with E-state index < -0.39 is 12.1 Å². The maximum absolute atomic E-state index is 12.2. The van der Waals surface area contributed by atoms with Crippen molar-refractivity contribution in [1.29, 1.82) is 0 Å². The molecule has 96 valence electrons. The maximum Gasteiger partial charge on any atom is 0.573 e. The molecule has 0 heterocycles. The molecule has 0 radical (unpaired) electrons. The van der Waals surface area contributed by atoms with Crippen molar-refractivity contribution in [2.75, 3.05) is 12.8 Å². The predicted molar refractivity (Wildman–Crippen MR) is 58.1 cm³/mol. The highest BCUT2D eigenvalue weighted by atomic mass is 19.4. The lowest BCUT2D eigenvalue weighted by atomic mass is 10.1. The van der Waals surface area contributed by atoms with E-state index in [1.807, 2.05) is 6.92 Å². The largest absolute Gasteiger partial charge is 0.573 e. The van der Waals surface area contributed by atoms with E-state index in [0.29, 0.717) is 12.0 Å². The Morgan fingerprint density at radius 1 is 1.29 bits per heavy atom. The van der Waals surface area contributed by atoms with Gasteiger partial charge in [-0.2, -0.15) is 0 Å². The molecule has 0 fully saturated rings. The molecule has 0 amide bonds. The van der Waals surface area contributed by atoms with Crippen molar-refractivity contribution in [3.05, 3.63) is 17.7 Å². The first-order valence-electron chi connectivity index (χ1n) is 5.09. The summed E-state index contributed by atoms with van der Waals surface area (Å²) in [7, 11) is 1.30. The van der Waals surface area contributed by atoms with E-state index >= 15 is 0 Å². The number of aryl methyl sites for hydroxylation is 1. The second kappa shape index (κ2) is 5.16. The van der Waals surface area contributed by atoms with Crippen LogP contribution in [0.1, 0.15) is 18.9 Å². The van der Waals surface area contributed by atoms with E-state index in [2.05, 4.69) is 4.74 Å². The molecule has 0 atom stereocenters. The summed E-state index contributed by atoms with van der Waals surface area (Å²) in [5.74, 6) is -0.318. The average molecular weight is 249 g/mol. The minimum atomic E-state index is -4.76.